The summed E-state index contributed by atoms with van der Waals surface area (Å²) in [7, 11) is 0. The Hall–Kier alpha value is -3.53. The van der Waals surface area contributed by atoms with Crippen LogP contribution in [0.25, 0.3) is 0 Å². The van der Waals surface area contributed by atoms with Crippen molar-refractivity contribution in [3.63, 3.8) is 0 Å². The van der Waals surface area contributed by atoms with Gasteiger partial charge in [0.05, 0.1) is 6.07 Å². The number of nitriles is 1. The highest BCUT2D eigenvalue weighted by atomic mass is 19.1. The Kier molecular flexibility index (Phi) is 8.51. The number of hydrogen-bond donors (Lipinski definition) is 3. The van der Waals surface area contributed by atoms with Gasteiger partial charge in [-0.15, -0.1) is 0 Å². The average Bonchev–Trinajstić information content (AvgIpc) is 2.76. The second-order valence-corrected chi connectivity index (χ2v) is 6.13. The zero-order valence-electron chi connectivity index (χ0n) is 15.6. The van der Waals surface area contributed by atoms with Gasteiger partial charge in [-0.2, -0.15) is 5.26 Å². The topological polar surface area (TPSA) is 93.4 Å². The lowest BCUT2D eigenvalue weighted by molar-refractivity contribution is -0.146. The summed E-state index contributed by atoms with van der Waals surface area (Å²) in [5, 5.41) is 29.6. The summed E-state index contributed by atoms with van der Waals surface area (Å²) < 4.78 is 12.8. The van der Waals surface area contributed by atoms with E-state index in [4.69, 9.17) is 15.5 Å². The molecule has 0 aromatic heterocycles. The lowest BCUT2D eigenvalue weighted by Crippen LogP contribution is -2.19. The summed E-state index contributed by atoms with van der Waals surface area (Å²) in [6, 6.07) is 25.8. The summed E-state index contributed by atoms with van der Waals surface area (Å²) in [5.41, 5.74) is 2.29. The van der Waals surface area contributed by atoms with Crippen LogP contribution in [0.5, 0.6) is 0 Å². The Labute approximate surface area is 168 Å². The lowest BCUT2D eigenvalue weighted by atomic mass is 10.1. The summed E-state index contributed by atoms with van der Waals surface area (Å²) in [5.74, 6) is -1.52. The van der Waals surface area contributed by atoms with Crippen LogP contribution in [0, 0.1) is 17.1 Å². The summed E-state index contributed by atoms with van der Waals surface area (Å²) >= 11 is 0. The maximum Gasteiger partial charge on any atom is 0.337 e. The van der Waals surface area contributed by atoms with Crippen molar-refractivity contribution < 1.29 is 19.4 Å². The fourth-order valence-electron chi connectivity index (χ4n) is 2.49. The molecule has 3 aromatic carbocycles. The first-order valence-corrected chi connectivity index (χ1v) is 8.89. The third kappa shape index (κ3) is 7.18. The molecule has 0 heterocycles. The number of carbonyl (C=O) groups is 1. The average molecular weight is 392 g/mol. The van der Waals surface area contributed by atoms with E-state index in [0.29, 0.717) is 12.1 Å². The van der Waals surface area contributed by atoms with Crippen molar-refractivity contribution in [2.75, 3.05) is 0 Å². The van der Waals surface area contributed by atoms with Crippen molar-refractivity contribution in [3.8, 4) is 6.07 Å². The number of aliphatic hydroxyl groups is 1. The molecule has 0 fully saturated rings. The number of aliphatic carboxylic acids is 1. The monoisotopic (exact) mass is 392 g/mol. The van der Waals surface area contributed by atoms with E-state index in [1.807, 2.05) is 30.3 Å². The van der Waals surface area contributed by atoms with Gasteiger partial charge in [0.25, 0.3) is 0 Å². The Morgan fingerprint density at radius 1 is 0.931 bits per heavy atom. The number of carboxylic acid groups (broad SMARTS) is 1. The van der Waals surface area contributed by atoms with Gasteiger partial charge in [0, 0.05) is 6.54 Å². The van der Waals surface area contributed by atoms with Crippen LogP contribution in [-0.2, 0) is 11.3 Å². The number of carboxylic acids is 1. The van der Waals surface area contributed by atoms with Crippen LogP contribution < -0.4 is 5.32 Å². The van der Waals surface area contributed by atoms with Crippen LogP contribution in [0.1, 0.15) is 28.8 Å². The first-order valence-electron chi connectivity index (χ1n) is 8.89. The molecular formula is C23H21FN2O3. The van der Waals surface area contributed by atoms with Crippen LogP contribution in [0.15, 0.2) is 84.9 Å². The fraction of sp³-hybridized carbons (Fsp3) is 0.130. The van der Waals surface area contributed by atoms with E-state index in [1.54, 1.807) is 42.5 Å². The molecule has 3 aromatic rings. The molecule has 3 N–H and O–H groups in total. The predicted octanol–water partition coefficient (Wildman–Crippen LogP) is 3.98. The maximum atomic E-state index is 12.8. The number of hydrogen-bond acceptors (Lipinski definition) is 4. The number of halogens is 1. The number of aliphatic hydroxyl groups excluding tert-OH is 1. The van der Waals surface area contributed by atoms with Crippen LogP contribution in [-0.4, -0.2) is 16.2 Å². The zero-order chi connectivity index (χ0) is 21.1. The number of nitrogens with zero attached hydrogens (tertiary/aromatic N) is 1. The molecule has 0 saturated heterocycles. The Balaban J connectivity index is 0.000000234. The first kappa shape index (κ1) is 21.8. The minimum Gasteiger partial charge on any atom is -0.479 e. The van der Waals surface area contributed by atoms with Gasteiger partial charge in [0.2, 0.25) is 0 Å². The van der Waals surface area contributed by atoms with Crippen molar-refractivity contribution in [3.05, 3.63) is 107 Å². The Morgan fingerprint density at radius 3 is 2.00 bits per heavy atom. The van der Waals surface area contributed by atoms with E-state index in [2.05, 4.69) is 11.4 Å². The third-order valence-electron chi connectivity index (χ3n) is 4.03. The Morgan fingerprint density at radius 2 is 1.48 bits per heavy atom. The van der Waals surface area contributed by atoms with Gasteiger partial charge in [-0.1, -0.05) is 72.8 Å². The van der Waals surface area contributed by atoms with Gasteiger partial charge in [-0.3, -0.25) is 5.32 Å². The van der Waals surface area contributed by atoms with E-state index in [9.17, 15) is 9.18 Å². The van der Waals surface area contributed by atoms with Crippen molar-refractivity contribution >= 4 is 5.97 Å². The number of nitrogens with one attached hydrogen (secondary N) is 1. The van der Waals surface area contributed by atoms with Gasteiger partial charge in [-0.05, 0) is 28.8 Å². The van der Waals surface area contributed by atoms with Crippen LogP contribution >= 0.6 is 0 Å². The molecule has 5 nitrogen and oxygen atoms in total. The van der Waals surface area contributed by atoms with E-state index < -0.39 is 18.1 Å². The quantitative estimate of drug-likeness (QED) is 0.590. The third-order valence-corrected chi connectivity index (χ3v) is 4.03. The highest BCUT2D eigenvalue weighted by Crippen LogP contribution is 2.14. The van der Waals surface area contributed by atoms with Gasteiger partial charge in [-0.25, -0.2) is 9.18 Å². The second-order valence-electron chi connectivity index (χ2n) is 6.13. The molecule has 6 heteroatoms. The van der Waals surface area contributed by atoms with Crippen LogP contribution in [0.4, 0.5) is 4.39 Å². The van der Waals surface area contributed by atoms with E-state index >= 15 is 0 Å². The number of rotatable bonds is 6. The zero-order valence-corrected chi connectivity index (χ0v) is 15.6. The van der Waals surface area contributed by atoms with E-state index in [1.165, 1.54) is 12.1 Å². The molecule has 0 amide bonds. The fourth-order valence-corrected chi connectivity index (χ4v) is 2.49. The van der Waals surface area contributed by atoms with Crippen LogP contribution in [0.3, 0.4) is 0 Å². The smallest absolute Gasteiger partial charge is 0.337 e. The second kappa shape index (κ2) is 11.3. The van der Waals surface area contributed by atoms with Crippen molar-refractivity contribution in [2.24, 2.45) is 0 Å². The molecule has 0 aliphatic rings. The van der Waals surface area contributed by atoms with Crippen molar-refractivity contribution in [1.29, 1.82) is 5.26 Å². The normalized spacial score (nSPS) is 12.0. The standard InChI is InChI=1S/C15H13FN2.C8H8O3/c16-14-8-6-13(7-9-14)15(10-17)18-11-12-4-2-1-3-5-12;9-7(8(10)11)6-4-2-1-3-5-6/h1-9,15,18H,11H2;1-5,7,9H,(H,10,11)/t15-;7-/m00/s1. The molecule has 29 heavy (non-hydrogen) atoms. The van der Waals surface area contributed by atoms with Crippen molar-refractivity contribution in [1.82, 2.24) is 5.32 Å². The van der Waals surface area contributed by atoms with Gasteiger partial charge < -0.3 is 10.2 Å². The minimum atomic E-state index is -1.41. The molecule has 0 unspecified atom stereocenters. The molecule has 0 spiro atoms. The summed E-state index contributed by atoms with van der Waals surface area (Å²) in [6.45, 7) is 0.608. The molecule has 0 radical (unpaired) electrons. The van der Waals surface area contributed by atoms with Crippen molar-refractivity contribution in [2.45, 2.75) is 18.7 Å². The SMILES string of the molecule is N#C[C@H](NCc1ccccc1)c1ccc(F)cc1.O=C(O)[C@@H](O)c1ccccc1. The molecule has 0 saturated carbocycles. The summed E-state index contributed by atoms with van der Waals surface area (Å²) in [4.78, 5) is 10.2. The molecule has 2 atom stereocenters. The van der Waals surface area contributed by atoms with Gasteiger partial charge in [0.1, 0.15) is 11.9 Å². The van der Waals surface area contributed by atoms with Gasteiger partial charge >= 0.3 is 5.97 Å². The molecule has 148 valence electrons. The molecule has 0 aliphatic carbocycles. The molecule has 0 bridgehead atoms. The predicted molar refractivity (Wildman–Crippen MR) is 107 cm³/mol. The summed E-state index contributed by atoms with van der Waals surface area (Å²) in [6.07, 6.45) is -1.41. The lowest BCUT2D eigenvalue weighted by Gasteiger charge is -2.11. The van der Waals surface area contributed by atoms with Gasteiger partial charge in [0.15, 0.2) is 6.10 Å². The molecular weight excluding hydrogens is 371 g/mol. The maximum absolute atomic E-state index is 12.8. The number of benzene rings is 3. The highest BCUT2D eigenvalue weighted by molar-refractivity contribution is 5.73. The van der Waals surface area contributed by atoms with Crippen LogP contribution in [0.2, 0.25) is 0 Å². The highest BCUT2D eigenvalue weighted by Gasteiger charge is 2.14. The van der Waals surface area contributed by atoms with E-state index in [0.717, 1.165) is 11.1 Å². The molecule has 0 aliphatic heterocycles. The minimum absolute atomic E-state index is 0.293. The van der Waals surface area contributed by atoms with E-state index in [-0.39, 0.29) is 5.82 Å². The Bertz CT molecular complexity index is 926. The molecule has 3 rings (SSSR count). The first-order chi connectivity index (χ1) is 14.0. The largest absolute Gasteiger partial charge is 0.479 e.